The van der Waals surface area contributed by atoms with Gasteiger partial charge in [0.25, 0.3) is 5.91 Å². The Hall–Kier alpha value is -3.46. The number of halogens is 2. The highest BCUT2D eigenvalue weighted by Crippen LogP contribution is 2.25. The summed E-state index contributed by atoms with van der Waals surface area (Å²) in [7, 11) is 0. The van der Waals surface area contributed by atoms with Gasteiger partial charge in [-0.2, -0.15) is 0 Å². The average Bonchev–Trinajstić information content (AvgIpc) is 2.72. The van der Waals surface area contributed by atoms with Gasteiger partial charge in [0, 0.05) is 35.7 Å². The van der Waals surface area contributed by atoms with Gasteiger partial charge in [-0.25, -0.2) is 8.78 Å². The van der Waals surface area contributed by atoms with E-state index in [4.69, 9.17) is 11.2 Å². The fourth-order valence-corrected chi connectivity index (χ4v) is 2.68. The molecule has 0 aliphatic carbocycles. The number of pyridine rings is 1. The monoisotopic (exact) mass is 380 g/mol. The third-order valence-electron chi connectivity index (χ3n) is 4.15. The van der Waals surface area contributed by atoms with Gasteiger partial charge in [0.05, 0.1) is 12.1 Å². The Balaban J connectivity index is 1.69. The molecule has 0 unspecified atom stereocenters. The van der Waals surface area contributed by atoms with Gasteiger partial charge in [-0.15, -0.1) is 12.3 Å². The first-order chi connectivity index (χ1) is 13.6. The predicted octanol–water partition coefficient (Wildman–Crippen LogP) is 4.24. The first-order valence-electron chi connectivity index (χ1n) is 8.76. The van der Waals surface area contributed by atoms with Crippen molar-refractivity contribution in [1.82, 2.24) is 10.3 Å². The number of carbonyl (C=O) groups excluding carboxylic acids is 1. The second kappa shape index (κ2) is 8.96. The molecule has 1 aromatic heterocycles. The van der Waals surface area contributed by atoms with Crippen molar-refractivity contribution in [2.45, 2.75) is 19.4 Å². The van der Waals surface area contributed by atoms with Crippen LogP contribution in [-0.4, -0.2) is 17.5 Å². The van der Waals surface area contributed by atoms with Crippen molar-refractivity contribution in [2.75, 3.05) is 6.61 Å². The van der Waals surface area contributed by atoms with Crippen LogP contribution in [0.25, 0.3) is 10.9 Å². The summed E-state index contributed by atoms with van der Waals surface area (Å²) in [6.07, 6.45) is 7.77. The van der Waals surface area contributed by atoms with Crippen molar-refractivity contribution in [3.63, 3.8) is 0 Å². The van der Waals surface area contributed by atoms with Crippen LogP contribution in [-0.2, 0) is 6.54 Å². The van der Waals surface area contributed by atoms with Crippen molar-refractivity contribution in [3.8, 4) is 18.1 Å². The Morgan fingerprint density at radius 2 is 2.07 bits per heavy atom. The first kappa shape index (κ1) is 19.3. The zero-order valence-corrected chi connectivity index (χ0v) is 15.0. The molecule has 0 saturated carbocycles. The number of fused-ring (bicyclic) bond motifs is 1. The molecule has 0 aliphatic heterocycles. The lowest BCUT2D eigenvalue weighted by Crippen LogP contribution is -2.23. The fraction of sp³-hybridized carbons (Fsp3) is 0.182. The molecule has 0 fully saturated rings. The number of nitrogens with zero attached hydrogens (tertiary/aromatic N) is 1. The van der Waals surface area contributed by atoms with Crippen molar-refractivity contribution >= 4 is 16.8 Å². The molecule has 0 saturated heterocycles. The minimum absolute atomic E-state index is 0.100. The maximum absolute atomic E-state index is 14.5. The summed E-state index contributed by atoms with van der Waals surface area (Å²) in [4.78, 5) is 16.6. The van der Waals surface area contributed by atoms with Crippen LogP contribution in [0.4, 0.5) is 8.78 Å². The molecular formula is C22H18F2N2O2. The maximum atomic E-state index is 14.5. The van der Waals surface area contributed by atoms with Crippen molar-refractivity contribution < 1.29 is 18.3 Å². The number of unbranched alkanes of at least 4 members (excludes halogenated alkanes) is 1. The van der Waals surface area contributed by atoms with E-state index < -0.39 is 17.4 Å². The SMILES string of the molecule is C#CCCCOc1c(F)ccc(CNC(=O)c2ccc3ncccc3c2)c1F. The molecule has 2 aromatic carbocycles. The van der Waals surface area contributed by atoms with E-state index in [1.165, 1.54) is 6.07 Å². The lowest BCUT2D eigenvalue weighted by Gasteiger charge is -2.12. The number of amides is 1. The quantitative estimate of drug-likeness (QED) is 0.493. The van der Waals surface area contributed by atoms with Gasteiger partial charge in [-0.1, -0.05) is 12.1 Å². The van der Waals surface area contributed by atoms with E-state index in [-0.39, 0.29) is 24.6 Å². The molecule has 142 valence electrons. The second-order valence-electron chi connectivity index (χ2n) is 6.10. The highest BCUT2D eigenvalue weighted by molar-refractivity contribution is 5.97. The van der Waals surface area contributed by atoms with E-state index in [1.807, 2.05) is 6.07 Å². The van der Waals surface area contributed by atoms with E-state index in [9.17, 15) is 13.6 Å². The van der Waals surface area contributed by atoms with Gasteiger partial charge in [0.2, 0.25) is 0 Å². The molecule has 3 rings (SSSR count). The molecule has 28 heavy (non-hydrogen) atoms. The molecule has 0 spiro atoms. The van der Waals surface area contributed by atoms with E-state index in [0.717, 1.165) is 17.0 Å². The number of carbonyl (C=O) groups is 1. The minimum Gasteiger partial charge on any atom is -0.488 e. The molecule has 1 N–H and O–H groups in total. The van der Waals surface area contributed by atoms with Crippen LogP contribution in [0.15, 0.2) is 48.7 Å². The smallest absolute Gasteiger partial charge is 0.251 e. The number of nitrogens with one attached hydrogen (secondary N) is 1. The zero-order chi connectivity index (χ0) is 19.9. The van der Waals surface area contributed by atoms with Crippen LogP contribution in [0, 0.1) is 24.0 Å². The number of rotatable bonds is 7. The summed E-state index contributed by atoms with van der Waals surface area (Å²) in [5.41, 5.74) is 1.33. The standard InChI is InChI=1S/C22H18F2N2O2/c1-2-3-4-12-28-21-18(23)9-7-17(20(21)24)14-26-22(27)16-8-10-19-15(13-16)6-5-11-25-19/h1,5-11,13H,3-4,12,14H2,(H,26,27). The van der Waals surface area contributed by atoms with Gasteiger partial charge in [0.15, 0.2) is 17.4 Å². The number of hydrogen-bond acceptors (Lipinski definition) is 3. The van der Waals surface area contributed by atoms with Crippen molar-refractivity contribution in [2.24, 2.45) is 0 Å². The molecule has 1 heterocycles. The molecular weight excluding hydrogens is 362 g/mol. The molecule has 4 nitrogen and oxygen atoms in total. The van der Waals surface area contributed by atoms with Crippen LogP contribution in [0.5, 0.6) is 5.75 Å². The molecule has 0 aliphatic rings. The molecule has 0 radical (unpaired) electrons. The number of benzene rings is 2. The van der Waals surface area contributed by atoms with Crippen LogP contribution in [0.2, 0.25) is 0 Å². The van der Waals surface area contributed by atoms with E-state index >= 15 is 0 Å². The summed E-state index contributed by atoms with van der Waals surface area (Å²) >= 11 is 0. The van der Waals surface area contributed by atoms with Crippen LogP contribution >= 0.6 is 0 Å². The van der Waals surface area contributed by atoms with Crippen LogP contribution < -0.4 is 10.1 Å². The van der Waals surface area contributed by atoms with Gasteiger partial charge >= 0.3 is 0 Å². The molecule has 1 amide bonds. The Bertz CT molecular complexity index is 1040. The first-order valence-corrected chi connectivity index (χ1v) is 8.76. The summed E-state index contributed by atoms with van der Waals surface area (Å²) in [5, 5.41) is 3.46. The van der Waals surface area contributed by atoms with E-state index in [0.29, 0.717) is 18.4 Å². The second-order valence-corrected chi connectivity index (χ2v) is 6.10. The third-order valence-corrected chi connectivity index (χ3v) is 4.15. The summed E-state index contributed by atoms with van der Waals surface area (Å²) in [6.45, 7) is 0.00964. The van der Waals surface area contributed by atoms with Gasteiger partial charge < -0.3 is 10.1 Å². The van der Waals surface area contributed by atoms with Crippen molar-refractivity contribution in [3.05, 3.63) is 71.4 Å². The number of hydrogen-bond donors (Lipinski definition) is 1. The van der Waals surface area contributed by atoms with Gasteiger partial charge in [0.1, 0.15) is 0 Å². The Kier molecular flexibility index (Phi) is 6.18. The van der Waals surface area contributed by atoms with Gasteiger partial charge in [-0.3, -0.25) is 9.78 Å². The van der Waals surface area contributed by atoms with E-state index in [2.05, 4.69) is 16.2 Å². The number of terminal acetylenes is 1. The summed E-state index contributed by atoms with van der Waals surface area (Å²) in [6, 6.07) is 11.1. The molecule has 0 atom stereocenters. The normalized spacial score (nSPS) is 10.5. The largest absolute Gasteiger partial charge is 0.488 e. The summed E-state index contributed by atoms with van der Waals surface area (Å²) in [5.74, 6) is -0.0181. The zero-order valence-electron chi connectivity index (χ0n) is 15.0. The Labute approximate surface area is 161 Å². The van der Waals surface area contributed by atoms with Crippen molar-refractivity contribution in [1.29, 1.82) is 0 Å². The lowest BCUT2D eigenvalue weighted by atomic mass is 10.1. The highest BCUT2D eigenvalue weighted by atomic mass is 19.1. The summed E-state index contributed by atoms with van der Waals surface area (Å²) < 4.78 is 33.6. The van der Waals surface area contributed by atoms with Crippen LogP contribution in [0.3, 0.4) is 0 Å². The molecule has 0 bridgehead atoms. The lowest BCUT2D eigenvalue weighted by molar-refractivity contribution is 0.0950. The van der Waals surface area contributed by atoms with Gasteiger partial charge in [-0.05, 0) is 36.8 Å². The molecule has 3 aromatic rings. The fourth-order valence-electron chi connectivity index (χ4n) is 2.68. The van der Waals surface area contributed by atoms with E-state index in [1.54, 1.807) is 30.5 Å². The highest BCUT2D eigenvalue weighted by Gasteiger charge is 2.16. The number of ether oxygens (including phenoxy) is 1. The maximum Gasteiger partial charge on any atom is 0.251 e. The Morgan fingerprint density at radius 3 is 2.89 bits per heavy atom. The predicted molar refractivity (Wildman–Crippen MR) is 103 cm³/mol. The average molecular weight is 380 g/mol. The Morgan fingerprint density at radius 1 is 1.21 bits per heavy atom. The minimum atomic E-state index is -0.830. The number of aromatic nitrogens is 1. The topological polar surface area (TPSA) is 51.2 Å². The van der Waals surface area contributed by atoms with Crippen LogP contribution in [0.1, 0.15) is 28.8 Å². The molecule has 6 heteroatoms. The third kappa shape index (κ3) is 4.44.